The van der Waals surface area contributed by atoms with Crippen molar-refractivity contribution < 1.29 is 5.11 Å². The molecular weight excluding hydrogens is 118 g/mol. The molecule has 0 unspecified atom stereocenters. The van der Waals surface area contributed by atoms with E-state index in [2.05, 4.69) is 9.97 Å². The molecule has 0 saturated heterocycles. The average molecular weight is 127 g/mol. The van der Waals surface area contributed by atoms with Gasteiger partial charge in [-0.15, -0.1) is 0 Å². The number of imidazole rings is 1. The van der Waals surface area contributed by atoms with Gasteiger partial charge in [0.1, 0.15) is 18.2 Å². The summed E-state index contributed by atoms with van der Waals surface area (Å²) >= 11 is 0. The Bertz CT molecular complexity index is 186. The molecule has 0 aliphatic heterocycles. The topological polar surface area (TPSA) is 74.9 Å². The van der Waals surface area contributed by atoms with Gasteiger partial charge in [-0.3, -0.25) is 0 Å². The van der Waals surface area contributed by atoms with Gasteiger partial charge in [-0.1, -0.05) is 0 Å². The van der Waals surface area contributed by atoms with Crippen LogP contribution < -0.4 is 5.73 Å². The second-order valence-corrected chi connectivity index (χ2v) is 1.85. The van der Waals surface area contributed by atoms with Crippen molar-refractivity contribution in [2.24, 2.45) is 0 Å². The fourth-order valence-electron chi connectivity index (χ4n) is 0.613. The molecule has 4 nitrogen and oxygen atoms in total. The third-order valence-corrected chi connectivity index (χ3v) is 1.12. The Labute approximate surface area is 52.7 Å². The molecule has 1 aromatic heterocycles. The highest BCUT2D eigenvalue weighted by Gasteiger charge is 1.99. The number of aryl methyl sites for hydroxylation is 1. The second-order valence-electron chi connectivity index (χ2n) is 1.85. The van der Waals surface area contributed by atoms with E-state index in [9.17, 15) is 0 Å². The molecule has 4 heteroatoms. The van der Waals surface area contributed by atoms with Crippen LogP contribution in [0.2, 0.25) is 0 Å². The predicted octanol–water partition coefficient (Wildman–Crippen LogP) is -0.207. The number of hydrogen-bond donors (Lipinski definition) is 3. The molecule has 0 aromatic carbocycles. The van der Waals surface area contributed by atoms with Gasteiger partial charge in [0.05, 0.1) is 5.69 Å². The lowest BCUT2D eigenvalue weighted by molar-refractivity contribution is 0.272. The summed E-state index contributed by atoms with van der Waals surface area (Å²) in [7, 11) is 0. The Hall–Kier alpha value is -1.03. The maximum atomic E-state index is 8.53. The van der Waals surface area contributed by atoms with Crippen molar-refractivity contribution in [1.29, 1.82) is 0 Å². The molecule has 0 atom stereocenters. The number of aromatic amines is 1. The SMILES string of the molecule is Cc1[nH]c(CO)nc1N. The maximum absolute atomic E-state index is 8.53. The fraction of sp³-hybridized carbons (Fsp3) is 0.400. The lowest BCUT2D eigenvalue weighted by Crippen LogP contribution is -1.87. The molecule has 0 radical (unpaired) electrons. The van der Waals surface area contributed by atoms with Crippen LogP contribution in [0.25, 0.3) is 0 Å². The summed E-state index contributed by atoms with van der Waals surface area (Å²) in [6, 6.07) is 0. The smallest absolute Gasteiger partial charge is 0.144 e. The van der Waals surface area contributed by atoms with E-state index in [0.29, 0.717) is 11.6 Å². The van der Waals surface area contributed by atoms with E-state index < -0.39 is 0 Å². The first kappa shape index (κ1) is 6.10. The van der Waals surface area contributed by atoms with Gasteiger partial charge < -0.3 is 15.8 Å². The molecule has 0 saturated carbocycles. The van der Waals surface area contributed by atoms with Gasteiger partial charge in [-0.25, -0.2) is 4.98 Å². The highest BCUT2D eigenvalue weighted by atomic mass is 16.3. The van der Waals surface area contributed by atoms with E-state index in [0.717, 1.165) is 5.69 Å². The van der Waals surface area contributed by atoms with Gasteiger partial charge in [-0.05, 0) is 6.92 Å². The Balaban J connectivity index is 2.98. The molecular formula is C5H9N3O. The summed E-state index contributed by atoms with van der Waals surface area (Å²) < 4.78 is 0. The summed E-state index contributed by atoms with van der Waals surface area (Å²) in [6.45, 7) is 1.72. The van der Waals surface area contributed by atoms with E-state index in [1.165, 1.54) is 0 Å². The number of nitrogens with two attached hydrogens (primary N) is 1. The van der Waals surface area contributed by atoms with Crippen molar-refractivity contribution in [2.45, 2.75) is 13.5 Å². The van der Waals surface area contributed by atoms with Gasteiger partial charge in [0.25, 0.3) is 0 Å². The largest absolute Gasteiger partial charge is 0.388 e. The number of H-pyrrole nitrogens is 1. The van der Waals surface area contributed by atoms with Gasteiger partial charge in [0, 0.05) is 0 Å². The van der Waals surface area contributed by atoms with Crippen LogP contribution in [-0.2, 0) is 6.61 Å². The third-order valence-electron chi connectivity index (χ3n) is 1.12. The highest BCUT2D eigenvalue weighted by molar-refractivity contribution is 5.34. The van der Waals surface area contributed by atoms with E-state index in [1.54, 1.807) is 0 Å². The molecule has 0 aliphatic rings. The zero-order valence-corrected chi connectivity index (χ0v) is 5.18. The highest BCUT2D eigenvalue weighted by Crippen LogP contribution is 2.04. The van der Waals surface area contributed by atoms with Crippen LogP contribution in [0.4, 0.5) is 5.82 Å². The maximum Gasteiger partial charge on any atom is 0.144 e. The number of aliphatic hydroxyl groups excluding tert-OH is 1. The van der Waals surface area contributed by atoms with Gasteiger partial charge in [0.15, 0.2) is 0 Å². The third kappa shape index (κ3) is 1.02. The molecule has 0 amide bonds. The minimum atomic E-state index is -0.0853. The monoisotopic (exact) mass is 127 g/mol. The quantitative estimate of drug-likeness (QED) is 0.488. The average Bonchev–Trinajstić information content (AvgIpc) is 2.13. The number of anilines is 1. The number of aliphatic hydroxyl groups is 1. The van der Waals surface area contributed by atoms with Crippen LogP contribution in [0.3, 0.4) is 0 Å². The molecule has 1 heterocycles. The molecule has 0 aliphatic carbocycles. The Kier molecular flexibility index (Phi) is 1.40. The van der Waals surface area contributed by atoms with Crippen molar-refractivity contribution in [2.75, 3.05) is 5.73 Å². The zero-order valence-electron chi connectivity index (χ0n) is 5.18. The number of rotatable bonds is 1. The summed E-state index contributed by atoms with van der Waals surface area (Å²) in [5.41, 5.74) is 6.17. The fourth-order valence-corrected chi connectivity index (χ4v) is 0.613. The van der Waals surface area contributed by atoms with Crippen molar-refractivity contribution in [3.63, 3.8) is 0 Å². The van der Waals surface area contributed by atoms with Crippen LogP contribution in [0.15, 0.2) is 0 Å². The first-order chi connectivity index (χ1) is 4.24. The minimum absolute atomic E-state index is 0.0853. The Morgan fingerprint density at radius 3 is 2.67 bits per heavy atom. The van der Waals surface area contributed by atoms with E-state index in [1.807, 2.05) is 6.92 Å². The minimum Gasteiger partial charge on any atom is -0.388 e. The lowest BCUT2D eigenvalue weighted by atomic mass is 10.5. The number of nitrogens with zero attached hydrogens (tertiary/aromatic N) is 1. The van der Waals surface area contributed by atoms with E-state index in [-0.39, 0.29) is 6.61 Å². The van der Waals surface area contributed by atoms with Crippen molar-refractivity contribution >= 4 is 5.82 Å². The summed E-state index contributed by atoms with van der Waals surface area (Å²) in [4.78, 5) is 6.61. The van der Waals surface area contributed by atoms with Crippen molar-refractivity contribution in [3.8, 4) is 0 Å². The Morgan fingerprint density at radius 2 is 2.44 bits per heavy atom. The first-order valence-corrected chi connectivity index (χ1v) is 2.66. The molecule has 4 N–H and O–H groups in total. The van der Waals surface area contributed by atoms with Crippen molar-refractivity contribution in [1.82, 2.24) is 9.97 Å². The number of hydrogen-bond acceptors (Lipinski definition) is 3. The number of nitrogen functional groups attached to an aromatic ring is 1. The van der Waals surface area contributed by atoms with Crippen LogP contribution >= 0.6 is 0 Å². The molecule has 9 heavy (non-hydrogen) atoms. The molecule has 0 fully saturated rings. The van der Waals surface area contributed by atoms with Gasteiger partial charge in [-0.2, -0.15) is 0 Å². The van der Waals surface area contributed by atoms with Gasteiger partial charge in [0.2, 0.25) is 0 Å². The molecule has 0 bridgehead atoms. The van der Waals surface area contributed by atoms with Crippen molar-refractivity contribution in [3.05, 3.63) is 11.5 Å². The normalized spacial score (nSPS) is 10.0. The standard InChI is InChI=1S/C5H9N3O/c1-3-5(6)8-4(2-9)7-3/h9H,2,6H2,1H3,(H,7,8). The van der Waals surface area contributed by atoms with Gasteiger partial charge >= 0.3 is 0 Å². The molecule has 50 valence electrons. The van der Waals surface area contributed by atoms with Crippen LogP contribution in [-0.4, -0.2) is 15.1 Å². The first-order valence-electron chi connectivity index (χ1n) is 2.66. The molecule has 0 spiro atoms. The van der Waals surface area contributed by atoms with E-state index in [4.69, 9.17) is 10.8 Å². The second kappa shape index (κ2) is 2.06. The predicted molar refractivity (Wildman–Crippen MR) is 33.7 cm³/mol. The number of aromatic nitrogens is 2. The number of nitrogens with one attached hydrogen (secondary N) is 1. The zero-order chi connectivity index (χ0) is 6.85. The van der Waals surface area contributed by atoms with Crippen LogP contribution in [0, 0.1) is 6.92 Å². The van der Waals surface area contributed by atoms with Crippen LogP contribution in [0.1, 0.15) is 11.5 Å². The summed E-state index contributed by atoms with van der Waals surface area (Å²) in [6.07, 6.45) is 0. The van der Waals surface area contributed by atoms with Crippen LogP contribution in [0.5, 0.6) is 0 Å². The summed E-state index contributed by atoms with van der Waals surface area (Å²) in [5, 5.41) is 8.53. The Morgan fingerprint density at radius 1 is 1.78 bits per heavy atom. The molecule has 1 rings (SSSR count). The molecule has 1 aromatic rings. The van der Waals surface area contributed by atoms with E-state index >= 15 is 0 Å². The lowest BCUT2D eigenvalue weighted by Gasteiger charge is -1.81. The summed E-state index contributed by atoms with van der Waals surface area (Å²) in [5.74, 6) is 0.976.